The van der Waals surface area contributed by atoms with Crippen LogP contribution in [0, 0.1) is 0 Å². The molecule has 0 aliphatic rings. The van der Waals surface area contributed by atoms with Crippen molar-refractivity contribution in [2.75, 3.05) is 13.1 Å². The van der Waals surface area contributed by atoms with E-state index in [1.54, 1.807) is 17.6 Å². The molecule has 92 valence electrons. The van der Waals surface area contributed by atoms with E-state index in [1.165, 1.54) is 0 Å². The van der Waals surface area contributed by atoms with Gasteiger partial charge in [0.15, 0.2) is 0 Å². The lowest BCUT2D eigenvalue weighted by atomic mass is 10.2. The Morgan fingerprint density at radius 2 is 2.06 bits per heavy atom. The van der Waals surface area contributed by atoms with Gasteiger partial charge in [-0.15, -0.1) is 21.5 Å². The van der Waals surface area contributed by atoms with Gasteiger partial charge in [-0.25, -0.2) is 0 Å². The molecule has 5 heteroatoms. The predicted octanol–water partition coefficient (Wildman–Crippen LogP) is 2.07. The van der Waals surface area contributed by atoms with E-state index in [-0.39, 0.29) is 0 Å². The molecule has 0 aromatic carbocycles. The van der Waals surface area contributed by atoms with Crippen molar-refractivity contribution in [1.29, 1.82) is 0 Å². The van der Waals surface area contributed by atoms with Crippen molar-refractivity contribution in [3.8, 4) is 0 Å². The molecule has 2 aromatic rings. The average Bonchev–Trinajstić information content (AvgIpc) is 2.98. The summed E-state index contributed by atoms with van der Waals surface area (Å²) in [5, 5.41) is 13.9. The van der Waals surface area contributed by atoms with Crippen LogP contribution in [0.3, 0.4) is 0 Å². The average molecular weight is 251 g/mol. The van der Waals surface area contributed by atoms with Crippen molar-refractivity contribution in [2.45, 2.75) is 26.2 Å². The maximum atomic E-state index is 5.29. The molecule has 0 aliphatic heterocycles. The third-order valence-electron chi connectivity index (χ3n) is 2.44. The molecule has 0 saturated carbocycles. The third kappa shape index (κ3) is 3.94. The summed E-state index contributed by atoms with van der Waals surface area (Å²) >= 11 is 1.70. The number of rotatable bonds is 7. The van der Waals surface area contributed by atoms with Gasteiger partial charge in [-0.05, 0) is 18.7 Å². The van der Waals surface area contributed by atoms with E-state index in [0.29, 0.717) is 0 Å². The van der Waals surface area contributed by atoms with E-state index in [4.69, 9.17) is 4.42 Å². The van der Waals surface area contributed by atoms with Gasteiger partial charge in [-0.3, -0.25) is 0 Å². The Morgan fingerprint density at radius 3 is 2.76 bits per heavy atom. The molecule has 0 saturated heterocycles. The molecule has 17 heavy (non-hydrogen) atoms. The van der Waals surface area contributed by atoms with E-state index in [2.05, 4.69) is 22.4 Å². The van der Waals surface area contributed by atoms with E-state index in [9.17, 15) is 0 Å². The summed E-state index contributed by atoms with van der Waals surface area (Å²) in [4.78, 5) is 0. The molecular formula is C12H17N3OS. The zero-order chi connectivity index (χ0) is 11.9. The van der Waals surface area contributed by atoms with Crippen LogP contribution in [0.5, 0.6) is 0 Å². The largest absolute Gasteiger partial charge is 0.469 e. The Hall–Kier alpha value is -1.20. The van der Waals surface area contributed by atoms with E-state index in [0.717, 1.165) is 48.1 Å². The summed E-state index contributed by atoms with van der Waals surface area (Å²) in [6.07, 6.45) is 4.48. The molecule has 0 radical (unpaired) electrons. The first-order valence-corrected chi connectivity index (χ1v) is 6.74. The minimum Gasteiger partial charge on any atom is -0.469 e. The molecule has 0 atom stereocenters. The summed E-state index contributed by atoms with van der Waals surface area (Å²) in [7, 11) is 0. The minimum absolute atomic E-state index is 0.898. The lowest BCUT2D eigenvalue weighted by Crippen LogP contribution is -2.15. The molecule has 0 bridgehead atoms. The Kier molecular flexibility index (Phi) is 4.70. The van der Waals surface area contributed by atoms with Gasteiger partial charge in [0, 0.05) is 25.8 Å². The fraction of sp³-hybridized carbons (Fsp3) is 0.500. The van der Waals surface area contributed by atoms with Crippen LogP contribution in [-0.2, 0) is 19.3 Å². The van der Waals surface area contributed by atoms with Crippen molar-refractivity contribution in [3.05, 3.63) is 34.2 Å². The topological polar surface area (TPSA) is 51.0 Å². The number of aryl methyl sites for hydroxylation is 2. The van der Waals surface area contributed by atoms with Gasteiger partial charge in [-0.1, -0.05) is 6.92 Å². The summed E-state index contributed by atoms with van der Waals surface area (Å²) in [6, 6.07) is 3.91. The fourth-order valence-corrected chi connectivity index (χ4v) is 2.39. The Balaban J connectivity index is 1.77. The second kappa shape index (κ2) is 6.51. The molecule has 0 amide bonds. The predicted molar refractivity (Wildman–Crippen MR) is 68.3 cm³/mol. The molecule has 2 aromatic heterocycles. The van der Waals surface area contributed by atoms with Crippen molar-refractivity contribution < 1.29 is 4.42 Å². The van der Waals surface area contributed by atoms with Crippen LogP contribution in [0.1, 0.15) is 22.7 Å². The van der Waals surface area contributed by atoms with Crippen LogP contribution in [0.4, 0.5) is 0 Å². The molecule has 0 unspecified atom stereocenters. The quantitative estimate of drug-likeness (QED) is 0.765. The lowest BCUT2D eigenvalue weighted by molar-refractivity contribution is 0.508. The second-order valence-electron chi connectivity index (χ2n) is 3.77. The Bertz CT molecular complexity index is 425. The van der Waals surface area contributed by atoms with Crippen molar-refractivity contribution in [3.63, 3.8) is 0 Å². The standard InChI is InChI=1S/C12H17N3OS/c1-2-13-8-7-12-15-14-11(17-12)6-5-10-4-3-9-16-10/h3-4,9,13H,2,5-8H2,1H3. The SMILES string of the molecule is CCNCCc1nnc(CCc2ccco2)s1. The number of likely N-dealkylation sites (N-methyl/N-ethyl adjacent to an activating group) is 1. The molecule has 4 nitrogen and oxygen atoms in total. The third-order valence-corrected chi connectivity index (χ3v) is 3.48. The monoisotopic (exact) mass is 251 g/mol. The maximum Gasteiger partial charge on any atom is 0.118 e. The molecule has 0 fully saturated rings. The van der Waals surface area contributed by atoms with E-state index < -0.39 is 0 Å². The number of hydrogen-bond donors (Lipinski definition) is 1. The van der Waals surface area contributed by atoms with Crippen molar-refractivity contribution in [1.82, 2.24) is 15.5 Å². The Morgan fingerprint density at radius 1 is 1.24 bits per heavy atom. The van der Waals surface area contributed by atoms with Gasteiger partial charge in [0.2, 0.25) is 0 Å². The van der Waals surface area contributed by atoms with Gasteiger partial charge >= 0.3 is 0 Å². The van der Waals surface area contributed by atoms with Gasteiger partial charge in [0.05, 0.1) is 6.26 Å². The van der Waals surface area contributed by atoms with Gasteiger partial charge in [0.25, 0.3) is 0 Å². The summed E-state index contributed by atoms with van der Waals surface area (Å²) in [6.45, 7) is 4.09. The van der Waals surface area contributed by atoms with Crippen LogP contribution in [-0.4, -0.2) is 23.3 Å². The zero-order valence-corrected chi connectivity index (χ0v) is 10.8. The van der Waals surface area contributed by atoms with Crippen molar-refractivity contribution >= 4 is 11.3 Å². The van der Waals surface area contributed by atoms with Crippen LogP contribution < -0.4 is 5.32 Å². The summed E-state index contributed by atoms with van der Waals surface area (Å²) in [5.41, 5.74) is 0. The first-order chi connectivity index (χ1) is 8.38. The highest BCUT2D eigenvalue weighted by atomic mass is 32.1. The lowest BCUT2D eigenvalue weighted by Gasteiger charge is -1.96. The van der Waals surface area contributed by atoms with Gasteiger partial charge in [-0.2, -0.15) is 0 Å². The molecule has 1 N–H and O–H groups in total. The molecule has 0 spiro atoms. The second-order valence-corrected chi connectivity index (χ2v) is 4.92. The van der Waals surface area contributed by atoms with Gasteiger partial charge in [0.1, 0.15) is 15.8 Å². The maximum absolute atomic E-state index is 5.29. The Labute approximate surface area is 105 Å². The molecule has 0 aliphatic carbocycles. The van der Waals surface area contributed by atoms with Crippen LogP contribution in [0.2, 0.25) is 0 Å². The van der Waals surface area contributed by atoms with E-state index in [1.807, 2.05) is 12.1 Å². The molecular weight excluding hydrogens is 234 g/mol. The number of furan rings is 1. The summed E-state index contributed by atoms with van der Waals surface area (Å²) in [5.74, 6) is 1.01. The molecule has 2 rings (SSSR count). The van der Waals surface area contributed by atoms with Gasteiger partial charge < -0.3 is 9.73 Å². The highest BCUT2D eigenvalue weighted by Crippen LogP contribution is 2.13. The fourth-order valence-electron chi connectivity index (χ4n) is 1.55. The highest BCUT2D eigenvalue weighted by Gasteiger charge is 2.05. The van der Waals surface area contributed by atoms with E-state index >= 15 is 0 Å². The highest BCUT2D eigenvalue weighted by molar-refractivity contribution is 7.11. The first kappa shape index (κ1) is 12.3. The molecule has 2 heterocycles. The smallest absolute Gasteiger partial charge is 0.118 e. The normalized spacial score (nSPS) is 10.9. The number of nitrogens with zero attached hydrogens (tertiary/aromatic N) is 2. The number of hydrogen-bond acceptors (Lipinski definition) is 5. The van der Waals surface area contributed by atoms with Crippen LogP contribution in [0.15, 0.2) is 22.8 Å². The minimum atomic E-state index is 0.898. The van der Waals surface area contributed by atoms with Crippen LogP contribution >= 0.6 is 11.3 Å². The zero-order valence-electron chi connectivity index (χ0n) is 9.98. The van der Waals surface area contributed by atoms with Crippen molar-refractivity contribution in [2.24, 2.45) is 0 Å². The van der Waals surface area contributed by atoms with Crippen LogP contribution in [0.25, 0.3) is 0 Å². The number of nitrogens with one attached hydrogen (secondary N) is 1. The first-order valence-electron chi connectivity index (χ1n) is 5.93. The summed E-state index contributed by atoms with van der Waals surface area (Å²) < 4.78 is 5.29. The number of aromatic nitrogens is 2.